The summed E-state index contributed by atoms with van der Waals surface area (Å²) in [5.41, 5.74) is 0.363. The second-order valence-corrected chi connectivity index (χ2v) is 8.73. The van der Waals surface area contributed by atoms with E-state index in [1.165, 1.54) is 62.1 Å². The van der Waals surface area contributed by atoms with Crippen molar-refractivity contribution in [1.29, 1.82) is 0 Å². The molecule has 0 unspecified atom stereocenters. The van der Waals surface area contributed by atoms with Gasteiger partial charge in [0.25, 0.3) is 17.1 Å². The largest absolute Gasteiger partial charge is 0.507 e. The fraction of sp³-hybridized carbons (Fsp3) is 0.250. The van der Waals surface area contributed by atoms with Crippen molar-refractivity contribution in [3.8, 4) is 17.2 Å². The molecule has 0 fully saturated rings. The minimum absolute atomic E-state index is 0.148. The summed E-state index contributed by atoms with van der Waals surface area (Å²) in [5, 5.41) is 65.9. The van der Waals surface area contributed by atoms with E-state index in [2.05, 4.69) is 0 Å². The molecule has 3 rings (SSSR count). The van der Waals surface area contributed by atoms with Crippen molar-refractivity contribution in [3.05, 3.63) is 100 Å². The molecule has 37 heavy (non-hydrogen) atoms. The molecular formula is C24H24N4O9. The zero-order valence-electron chi connectivity index (χ0n) is 20.2. The van der Waals surface area contributed by atoms with E-state index in [1.807, 2.05) is 0 Å². The first-order valence-electron chi connectivity index (χ1n) is 10.9. The zero-order chi connectivity index (χ0) is 27.6. The van der Waals surface area contributed by atoms with Gasteiger partial charge in [-0.3, -0.25) is 35.2 Å². The third-order valence-electron chi connectivity index (χ3n) is 5.91. The van der Waals surface area contributed by atoms with Gasteiger partial charge in [-0.1, -0.05) is 0 Å². The monoisotopic (exact) mass is 512 g/mol. The first-order chi connectivity index (χ1) is 17.3. The normalized spacial score (nSPS) is 11.0. The summed E-state index contributed by atoms with van der Waals surface area (Å²) in [6.45, 7) is 4.00. The minimum atomic E-state index is -0.619. The summed E-state index contributed by atoms with van der Waals surface area (Å²) in [7, 11) is 0. The van der Waals surface area contributed by atoms with Crippen LogP contribution in [0, 0.1) is 51.1 Å². The fourth-order valence-corrected chi connectivity index (χ4v) is 4.06. The highest BCUT2D eigenvalue weighted by molar-refractivity contribution is 5.51. The molecule has 3 aromatic carbocycles. The van der Waals surface area contributed by atoms with Gasteiger partial charge in [0.05, 0.1) is 14.8 Å². The highest BCUT2D eigenvalue weighted by Gasteiger charge is 2.22. The highest BCUT2D eigenvalue weighted by Crippen LogP contribution is 2.34. The smallest absolute Gasteiger partial charge is 0.270 e. The van der Waals surface area contributed by atoms with E-state index >= 15 is 0 Å². The van der Waals surface area contributed by atoms with Crippen LogP contribution < -0.4 is 0 Å². The highest BCUT2D eigenvalue weighted by atomic mass is 16.6. The number of aromatic hydroxyl groups is 3. The summed E-state index contributed by atoms with van der Waals surface area (Å²) in [4.78, 5) is 33.8. The molecule has 0 aliphatic rings. The summed E-state index contributed by atoms with van der Waals surface area (Å²) in [6, 6.07) is 7.13. The van der Waals surface area contributed by atoms with Crippen molar-refractivity contribution in [3.63, 3.8) is 0 Å². The summed E-state index contributed by atoms with van der Waals surface area (Å²) in [6.07, 6.45) is 0. The van der Waals surface area contributed by atoms with Gasteiger partial charge in [0.15, 0.2) is 0 Å². The molecule has 0 saturated heterocycles. The van der Waals surface area contributed by atoms with E-state index in [9.17, 15) is 45.7 Å². The first kappa shape index (κ1) is 26.8. The molecule has 0 aliphatic heterocycles. The van der Waals surface area contributed by atoms with Crippen LogP contribution >= 0.6 is 0 Å². The predicted octanol–water partition coefficient (Wildman–Crippen LogP) is 4.66. The van der Waals surface area contributed by atoms with Gasteiger partial charge in [0.1, 0.15) is 17.2 Å². The van der Waals surface area contributed by atoms with Gasteiger partial charge in [-0.15, -0.1) is 0 Å². The van der Waals surface area contributed by atoms with Crippen LogP contribution in [0.5, 0.6) is 17.2 Å². The van der Waals surface area contributed by atoms with Crippen molar-refractivity contribution in [2.24, 2.45) is 0 Å². The van der Waals surface area contributed by atoms with Crippen molar-refractivity contribution >= 4 is 17.1 Å². The van der Waals surface area contributed by atoms with Crippen LogP contribution in [-0.4, -0.2) is 35.0 Å². The van der Waals surface area contributed by atoms with Crippen LogP contribution in [0.2, 0.25) is 0 Å². The third kappa shape index (κ3) is 5.90. The molecule has 0 amide bonds. The van der Waals surface area contributed by atoms with Crippen LogP contribution in [0.3, 0.4) is 0 Å². The van der Waals surface area contributed by atoms with Crippen LogP contribution in [-0.2, 0) is 19.6 Å². The van der Waals surface area contributed by atoms with Gasteiger partial charge in [-0.25, -0.2) is 0 Å². The number of hydrogen-bond donors (Lipinski definition) is 3. The minimum Gasteiger partial charge on any atom is -0.507 e. The summed E-state index contributed by atoms with van der Waals surface area (Å²) < 4.78 is 0. The van der Waals surface area contributed by atoms with E-state index in [0.29, 0.717) is 0 Å². The lowest BCUT2D eigenvalue weighted by molar-refractivity contribution is -0.385. The fourth-order valence-electron chi connectivity index (χ4n) is 4.06. The van der Waals surface area contributed by atoms with E-state index in [0.717, 1.165) is 0 Å². The average Bonchev–Trinajstić information content (AvgIpc) is 2.81. The molecule has 13 nitrogen and oxygen atoms in total. The van der Waals surface area contributed by atoms with E-state index < -0.39 is 14.8 Å². The topological polar surface area (TPSA) is 193 Å². The Labute approximate surface area is 210 Å². The third-order valence-corrected chi connectivity index (χ3v) is 5.91. The van der Waals surface area contributed by atoms with Gasteiger partial charge in [-0.05, 0) is 37.5 Å². The Morgan fingerprint density at radius 3 is 1.03 bits per heavy atom. The Balaban J connectivity index is 2.12. The van der Waals surface area contributed by atoms with Crippen molar-refractivity contribution in [2.75, 3.05) is 0 Å². The van der Waals surface area contributed by atoms with Gasteiger partial charge in [-0.2, -0.15) is 0 Å². The number of hydrogen-bond acceptors (Lipinski definition) is 10. The molecule has 0 aromatic heterocycles. The molecule has 194 valence electrons. The molecule has 0 saturated carbocycles. The van der Waals surface area contributed by atoms with Crippen molar-refractivity contribution in [1.82, 2.24) is 4.90 Å². The average molecular weight is 512 g/mol. The Hall–Kier alpha value is -4.78. The second kappa shape index (κ2) is 10.5. The molecule has 3 N–H and O–H groups in total. The maximum absolute atomic E-state index is 11.4. The number of non-ortho nitro benzene ring substituents is 3. The Kier molecular flexibility index (Phi) is 7.58. The Morgan fingerprint density at radius 1 is 0.568 bits per heavy atom. The molecule has 0 bridgehead atoms. The zero-order valence-corrected chi connectivity index (χ0v) is 20.2. The predicted molar refractivity (Wildman–Crippen MR) is 131 cm³/mol. The van der Waals surface area contributed by atoms with Crippen LogP contribution in [0.25, 0.3) is 0 Å². The number of rotatable bonds is 9. The van der Waals surface area contributed by atoms with Crippen LogP contribution in [0.15, 0.2) is 36.4 Å². The molecule has 0 spiro atoms. The molecule has 0 atom stereocenters. The number of benzene rings is 3. The lowest BCUT2D eigenvalue weighted by Gasteiger charge is -2.25. The number of nitro groups is 3. The van der Waals surface area contributed by atoms with E-state index in [4.69, 9.17) is 0 Å². The van der Waals surface area contributed by atoms with Crippen molar-refractivity contribution in [2.45, 2.75) is 40.4 Å². The molecular weight excluding hydrogens is 488 g/mol. The Morgan fingerprint density at radius 2 is 0.811 bits per heavy atom. The lowest BCUT2D eigenvalue weighted by atomic mass is 10.0. The van der Waals surface area contributed by atoms with Crippen molar-refractivity contribution < 1.29 is 30.1 Å². The maximum Gasteiger partial charge on any atom is 0.270 e. The van der Waals surface area contributed by atoms with Crippen LogP contribution in [0.4, 0.5) is 17.1 Å². The van der Waals surface area contributed by atoms with Gasteiger partial charge in [0.2, 0.25) is 0 Å². The number of nitro benzene ring substituents is 3. The van der Waals surface area contributed by atoms with E-state index in [1.54, 1.807) is 0 Å². The summed E-state index contributed by atoms with van der Waals surface area (Å²) >= 11 is 0. The molecule has 3 aromatic rings. The lowest BCUT2D eigenvalue weighted by Crippen LogP contribution is -2.23. The standard InChI is InChI=1S/C24H24N4O9/c1-13-4-19(26(32)33)7-16(22(13)29)10-25(11-17-8-20(27(34)35)5-14(2)23(17)30)12-18-9-21(28(36)37)6-15(3)24(18)31/h4-9,29-31H,10-12H2,1-3H3. The number of phenols is 3. The quantitative estimate of drug-likeness (QED) is 0.268. The molecule has 0 aliphatic carbocycles. The Bertz CT molecular complexity index is 1250. The van der Waals surface area contributed by atoms with Crippen LogP contribution in [0.1, 0.15) is 33.4 Å². The van der Waals surface area contributed by atoms with Gasteiger partial charge < -0.3 is 15.3 Å². The summed E-state index contributed by atoms with van der Waals surface area (Å²) in [5.74, 6) is -0.640. The van der Waals surface area contributed by atoms with Gasteiger partial charge >= 0.3 is 0 Å². The molecule has 0 heterocycles. The number of phenolic OH excluding ortho intramolecular Hbond substituents is 3. The van der Waals surface area contributed by atoms with E-state index in [-0.39, 0.29) is 87.3 Å². The number of aryl methyl sites for hydroxylation is 3. The molecule has 13 heteroatoms. The molecule has 0 radical (unpaired) electrons. The SMILES string of the molecule is Cc1cc([N+](=O)[O-])cc(CN(Cc2cc([N+](=O)[O-])cc(C)c2O)Cc2cc([N+](=O)[O-])cc(C)c2O)c1O. The second-order valence-electron chi connectivity index (χ2n) is 8.73. The number of nitrogens with zero attached hydrogens (tertiary/aromatic N) is 4. The first-order valence-corrected chi connectivity index (χ1v) is 10.9. The van der Waals surface area contributed by atoms with Gasteiger partial charge in [0, 0.05) is 72.7 Å². The maximum atomic E-state index is 11.4.